The van der Waals surface area contributed by atoms with Crippen molar-refractivity contribution in [2.75, 3.05) is 41.8 Å². The standard InChI is InChI=1S/C23H22ClN5O3/c1-2-21(30)32-20-6-4-3-5-19(20)27-22-18(24)15-25-23(28-22)26-16-7-9-17(10-8-16)29-11-13-31-14-12-29/h2-10,15H,1,11-14H2,(H2,25,26,27,28). The van der Waals surface area contributed by atoms with Crippen LogP contribution in [-0.2, 0) is 9.53 Å². The topological polar surface area (TPSA) is 88.6 Å². The number of hydrogen-bond acceptors (Lipinski definition) is 8. The molecular weight excluding hydrogens is 430 g/mol. The molecule has 4 rings (SSSR count). The second kappa shape index (κ2) is 10.1. The van der Waals surface area contributed by atoms with Crippen LogP contribution in [0.5, 0.6) is 5.75 Å². The monoisotopic (exact) mass is 451 g/mol. The van der Waals surface area contributed by atoms with Gasteiger partial charge in [-0.2, -0.15) is 4.98 Å². The summed E-state index contributed by atoms with van der Waals surface area (Å²) in [5.74, 6) is 0.518. The highest BCUT2D eigenvalue weighted by Gasteiger charge is 2.13. The SMILES string of the molecule is C=CC(=O)Oc1ccccc1Nc1nc(Nc2ccc(N3CCOCC3)cc2)ncc1Cl. The van der Waals surface area contributed by atoms with Gasteiger partial charge in [-0.15, -0.1) is 0 Å². The minimum atomic E-state index is -0.559. The Labute approximate surface area is 190 Å². The first-order chi connectivity index (χ1) is 15.6. The van der Waals surface area contributed by atoms with E-state index in [0.717, 1.165) is 43.8 Å². The quantitative estimate of drug-likeness (QED) is 0.307. The Hall–Kier alpha value is -3.62. The van der Waals surface area contributed by atoms with E-state index in [2.05, 4.69) is 32.1 Å². The summed E-state index contributed by atoms with van der Waals surface area (Å²) in [7, 11) is 0. The molecule has 2 aromatic carbocycles. The average Bonchev–Trinajstić information content (AvgIpc) is 2.83. The van der Waals surface area contributed by atoms with E-state index in [1.165, 1.54) is 6.20 Å². The molecule has 1 fully saturated rings. The summed E-state index contributed by atoms with van der Waals surface area (Å²) in [5.41, 5.74) is 2.52. The fourth-order valence-electron chi connectivity index (χ4n) is 3.16. The number of rotatable bonds is 7. The van der Waals surface area contributed by atoms with Crippen molar-refractivity contribution in [3.8, 4) is 5.75 Å². The summed E-state index contributed by atoms with van der Waals surface area (Å²) in [6, 6.07) is 15.0. The Kier molecular flexibility index (Phi) is 6.84. The Balaban J connectivity index is 1.49. The maximum absolute atomic E-state index is 11.6. The lowest BCUT2D eigenvalue weighted by Crippen LogP contribution is -2.36. The van der Waals surface area contributed by atoms with Gasteiger partial charge in [0.05, 0.1) is 25.1 Å². The summed E-state index contributed by atoms with van der Waals surface area (Å²) >= 11 is 6.29. The fraction of sp³-hybridized carbons (Fsp3) is 0.174. The Bertz CT molecular complexity index is 1100. The highest BCUT2D eigenvalue weighted by Crippen LogP contribution is 2.31. The molecule has 9 heteroatoms. The molecule has 3 aromatic rings. The summed E-state index contributed by atoms with van der Waals surface area (Å²) in [6.07, 6.45) is 2.60. The molecule has 2 heterocycles. The van der Waals surface area contributed by atoms with Crippen LogP contribution in [0.3, 0.4) is 0 Å². The van der Waals surface area contributed by atoms with E-state index >= 15 is 0 Å². The van der Waals surface area contributed by atoms with E-state index in [-0.39, 0.29) is 0 Å². The molecule has 0 aliphatic carbocycles. The minimum absolute atomic E-state index is 0.322. The van der Waals surface area contributed by atoms with Crippen molar-refractivity contribution < 1.29 is 14.3 Å². The Morgan fingerprint density at radius 1 is 1.12 bits per heavy atom. The highest BCUT2D eigenvalue weighted by molar-refractivity contribution is 6.33. The first kappa shape index (κ1) is 21.6. The third kappa shape index (κ3) is 5.35. The lowest BCUT2D eigenvalue weighted by atomic mass is 10.2. The third-order valence-corrected chi connectivity index (χ3v) is 5.04. The van der Waals surface area contributed by atoms with E-state index in [0.29, 0.717) is 28.2 Å². The molecule has 8 nitrogen and oxygen atoms in total. The van der Waals surface area contributed by atoms with Crippen molar-refractivity contribution in [2.24, 2.45) is 0 Å². The van der Waals surface area contributed by atoms with Gasteiger partial charge in [-0.25, -0.2) is 9.78 Å². The molecule has 0 saturated carbocycles. The van der Waals surface area contributed by atoms with Crippen LogP contribution in [0.15, 0.2) is 67.4 Å². The molecule has 32 heavy (non-hydrogen) atoms. The number of benzene rings is 2. The van der Waals surface area contributed by atoms with Gasteiger partial charge in [-0.3, -0.25) is 0 Å². The summed E-state index contributed by atoms with van der Waals surface area (Å²) in [5, 5.41) is 6.60. The smallest absolute Gasteiger partial charge is 0.335 e. The van der Waals surface area contributed by atoms with Crippen LogP contribution < -0.4 is 20.3 Å². The number of para-hydroxylation sites is 2. The number of halogens is 1. The largest absolute Gasteiger partial charge is 0.421 e. The number of hydrogen-bond donors (Lipinski definition) is 2. The first-order valence-electron chi connectivity index (χ1n) is 10.0. The predicted octanol–water partition coefficient (Wildman–Crippen LogP) is 4.55. The van der Waals surface area contributed by atoms with E-state index in [9.17, 15) is 4.79 Å². The molecule has 1 aliphatic heterocycles. The third-order valence-electron chi connectivity index (χ3n) is 4.76. The molecule has 0 radical (unpaired) electrons. The van der Waals surface area contributed by atoms with Crippen molar-refractivity contribution in [3.05, 3.63) is 72.4 Å². The molecule has 1 aliphatic rings. The van der Waals surface area contributed by atoms with Crippen LogP contribution in [0.1, 0.15) is 0 Å². The summed E-state index contributed by atoms with van der Waals surface area (Å²) in [4.78, 5) is 22.6. The normalized spacial score (nSPS) is 13.3. The molecule has 0 atom stereocenters. The van der Waals surface area contributed by atoms with Crippen LogP contribution in [0.25, 0.3) is 0 Å². The molecule has 0 unspecified atom stereocenters. The van der Waals surface area contributed by atoms with E-state index in [4.69, 9.17) is 21.1 Å². The van der Waals surface area contributed by atoms with Gasteiger partial charge in [-0.1, -0.05) is 30.3 Å². The van der Waals surface area contributed by atoms with Crippen LogP contribution >= 0.6 is 11.6 Å². The van der Waals surface area contributed by atoms with Crippen LogP contribution in [0.4, 0.5) is 28.8 Å². The highest BCUT2D eigenvalue weighted by atomic mass is 35.5. The average molecular weight is 452 g/mol. The maximum atomic E-state index is 11.6. The zero-order valence-corrected chi connectivity index (χ0v) is 18.0. The van der Waals surface area contributed by atoms with Gasteiger partial charge in [0.2, 0.25) is 5.95 Å². The van der Waals surface area contributed by atoms with Gasteiger partial charge in [0, 0.05) is 30.5 Å². The molecule has 164 valence electrons. The number of anilines is 5. The number of esters is 1. The van der Waals surface area contributed by atoms with Crippen LogP contribution in [0, 0.1) is 0 Å². The van der Waals surface area contributed by atoms with Gasteiger partial charge < -0.3 is 25.0 Å². The number of ether oxygens (including phenoxy) is 2. The van der Waals surface area contributed by atoms with Crippen molar-refractivity contribution in [3.63, 3.8) is 0 Å². The molecular formula is C23H22ClN5O3. The van der Waals surface area contributed by atoms with Crippen molar-refractivity contribution >= 4 is 46.4 Å². The van der Waals surface area contributed by atoms with E-state index < -0.39 is 5.97 Å². The van der Waals surface area contributed by atoms with Gasteiger partial charge in [0.15, 0.2) is 11.6 Å². The molecule has 0 spiro atoms. The van der Waals surface area contributed by atoms with Crippen molar-refractivity contribution in [2.45, 2.75) is 0 Å². The second-order valence-corrected chi connectivity index (χ2v) is 7.32. The maximum Gasteiger partial charge on any atom is 0.335 e. The molecule has 0 amide bonds. The summed E-state index contributed by atoms with van der Waals surface area (Å²) in [6.45, 7) is 6.66. The zero-order chi connectivity index (χ0) is 22.3. The number of carbonyl (C=O) groups excluding carboxylic acids is 1. The summed E-state index contributed by atoms with van der Waals surface area (Å²) < 4.78 is 10.7. The second-order valence-electron chi connectivity index (χ2n) is 6.91. The lowest BCUT2D eigenvalue weighted by molar-refractivity contribution is -0.128. The first-order valence-corrected chi connectivity index (χ1v) is 10.4. The molecule has 1 aromatic heterocycles. The van der Waals surface area contributed by atoms with Gasteiger partial charge in [0.25, 0.3) is 0 Å². The van der Waals surface area contributed by atoms with Gasteiger partial charge >= 0.3 is 5.97 Å². The number of morpholine rings is 1. The number of nitrogens with zero attached hydrogens (tertiary/aromatic N) is 3. The molecule has 1 saturated heterocycles. The zero-order valence-electron chi connectivity index (χ0n) is 17.3. The number of aromatic nitrogens is 2. The van der Waals surface area contributed by atoms with Crippen molar-refractivity contribution in [1.29, 1.82) is 0 Å². The van der Waals surface area contributed by atoms with Crippen LogP contribution in [-0.4, -0.2) is 42.2 Å². The lowest BCUT2D eigenvalue weighted by Gasteiger charge is -2.28. The van der Waals surface area contributed by atoms with Gasteiger partial charge in [0.1, 0.15) is 5.02 Å². The molecule has 0 bridgehead atoms. The van der Waals surface area contributed by atoms with E-state index in [1.807, 2.05) is 24.3 Å². The van der Waals surface area contributed by atoms with Crippen LogP contribution in [0.2, 0.25) is 5.02 Å². The Morgan fingerprint density at radius 3 is 2.62 bits per heavy atom. The number of nitrogens with one attached hydrogen (secondary N) is 2. The fourth-order valence-corrected chi connectivity index (χ4v) is 3.30. The molecule has 2 N–H and O–H groups in total. The Morgan fingerprint density at radius 2 is 1.88 bits per heavy atom. The predicted molar refractivity (Wildman–Crippen MR) is 125 cm³/mol. The van der Waals surface area contributed by atoms with E-state index in [1.54, 1.807) is 24.3 Å². The minimum Gasteiger partial charge on any atom is -0.421 e. The van der Waals surface area contributed by atoms with Gasteiger partial charge in [-0.05, 0) is 36.4 Å². The number of carbonyl (C=O) groups is 1. The van der Waals surface area contributed by atoms with Crippen molar-refractivity contribution in [1.82, 2.24) is 9.97 Å².